The molecule has 0 atom stereocenters. The zero-order valence-corrected chi connectivity index (χ0v) is 15.4. The van der Waals surface area contributed by atoms with Gasteiger partial charge < -0.3 is 19.9 Å². The van der Waals surface area contributed by atoms with Crippen LogP contribution in [0, 0.1) is 10.1 Å². The highest BCUT2D eigenvalue weighted by Crippen LogP contribution is 2.30. The van der Waals surface area contributed by atoms with E-state index in [0.29, 0.717) is 26.2 Å². The largest absolute Gasteiger partial charge is 0.444 e. The van der Waals surface area contributed by atoms with Gasteiger partial charge in [-0.05, 0) is 32.9 Å². The van der Waals surface area contributed by atoms with Gasteiger partial charge in [-0.2, -0.15) is 0 Å². The Labute approximate surface area is 152 Å². The Bertz CT molecular complexity index is 706. The minimum Gasteiger partial charge on any atom is -0.444 e. The molecule has 26 heavy (non-hydrogen) atoms. The number of carbonyl (C=O) groups is 2. The predicted molar refractivity (Wildman–Crippen MR) is 97.4 cm³/mol. The lowest BCUT2D eigenvalue weighted by atomic mass is 10.2. The van der Waals surface area contributed by atoms with Crippen LogP contribution in [-0.2, 0) is 9.53 Å². The average Bonchev–Trinajstić information content (AvgIpc) is 2.52. The van der Waals surface area contributed by atoms with Crippen molar-refractivity contribution in [3.8, 4) is 0 Å². The van der Waals surface area contributed by atoms with E-state index in [1.165, 1.54) is 13.0 Å². The fourth-order valence-electron chi connectivity index (χ4n) is 2.64. The molecule has 1 N–H and O–H groups in total. The van der Waals surface area contributed by atoms with Crippen LogP contribution in [0.2, 0.25) is 0 Å². The van der Waals surface area contributed by atoms with Gasteiger partial charge >= 0.3 is 6.09 Å². The van der Waals surface area contributed by atoms with Crippen LogP contribution in [0.4, 0.5) is 21.9 Å². The molecular formula is C17H24N4O5. The third kappa shape index (κ3) is 5.08. The number of carbonyl (C=O) groups excluding carboxylic acids is 2. The van der Waals surface area contributed by atoms with Crippen LogP contribution in [-0.4, -0.2) is 53.6 Å². The van der Waals surface area contributed by atoms with Crippen molar-refractivity contribution < 1.29 is 19.2 Å². The number of ether oxygens (including phenoxy) is 1. The van der Waals surface area contributed by atoms with Crippen molar-refractivity contribution in [3.63, 3.8) is 0 Å². The van der Waals surface area contributed by atoms with E-state index in [0.717, 1.165) is 5.69 Å². The first kappa shape index (κ1) is 19.5. The SMILES string of the molecule is CC(=O)Nc1cc(N2CCN(C(=O)OC(C)(C)C)CC2)ccc1[N+](=O)[O-]. The molecule has 9 heteroatoms. The molecule has 1 aliphatic heterocycles. The molecule has 142 valence electrons. The summed E-state index contributed by atoms with van der Waals surface area (Å²) in [6.45, 7) is 8.87. The van der Waals surface area contributed by atoms with Gasteiger partial charge in [0.15, 0.2) is 0 Å². The van der Waals surface area contributed by atoms with Gasteiger partial charge in [0.25, 0.3) is 5.69 Å². The number of nitro groups is 1. The summed E-state index contributed by atoms with van der Waals surface area (Å²) < 4.78 is 5.37. The first-order chi connectivity index (χ1) is 12.1. The van der Waals surface area contributed by atoms with E-state index in [2.05, 4.69) is 5.32 Å². The summed E-state index contributed by atoms with van der Waals surface area (Å²) in [5.41, 5.74) is 0.217. The first-order valence-electron chi connectivity index (χ1n) is 8.36. The molecule has 0 radical (unpaired) electrons. The first-order valence-corrected chi connectivity index (χ1v) is 8.36. The third-order valence-electron chi connectivity index (χ3n) is 3.78. The molecule has 1 fully saturated rings. The van der Waals surface area contributed by atoms with E-state index in [4.69, 9.17) is 4.74 Å². The maximum atomic E-state index is 12.1. The van der Waals surface area contributed by atoms with Crippen LogP contribution in [0.5, 0.6) is 0 Å². The van der Waals surface area contributed by atoms with Crippen LogP contribution < -0.4 is 10.2 Å². The molecule has 2 amide bonds. The normalized spacial score (nSPS) is 14.8. The van der Waals surface area contributed by atoms with E-state index in [1.807, 2.05) is 25.7 Å². The fourth-order valence-corrected chi connectivity index (χ4v) is 2.64. The standard InChI is InChI=1S/C17H24N4O5/c1-12(22)18-14-11-13(5-6-15(14)21(24)25)19-7-9-20(10-8-19)16(23)26-17(2,3)4/h5-6,11H,7-10H2,1-4H3,(H,18,22). The van der Waals surface area contributed by atoms with E-state index < -0.39 is 10.5 Å². The summed E-state index contributed by atoms with van der Waals surface area (Å²) in [7, 11) is 0. The van der Waals surface area contributed by atoms with Crippen molar-refractivity contribution in [3.05, 3.63) is 28.3 Å². The quantitative estimate of drug-likeness (QED) is 0.653. The molecule has 1 heterocycles. The third-order valence-corrected chi connectivity index (χ3v) is 3.78. The highest BCUT2D eigenvalue weighted by Gasteiger charge is 2.26. The zero-order valence-electron chi connectivity index (χ0n) is 15.4. The van der Waals surface area contributed by atoms with Gasteiger partial charge in [0, 0.05) is 44.9 Å². The van der Waals surface area contributed by atoms with Crippen molar-refractivity contribution in [2.75, 3.05) is 36.4 Å². The lowest BCUT2D eigenvalue weighted by Gasteiger charge is -2.36. The number of hydrogen-bond acceptors (Lipinski definition) is 6. The zero-order chi connectivity index (χ0) is 19.5. The molecule has 2 rings (SSSR count). The Balaban J connectivity index is 2.08. The van der Waals surface area contributed by atoms with Gasteiger partial charge in [-0.25, -0.2) is 4.79 Å². The molecule has 1 saturated heterocycles. The van der Waals surface area contributed by atoms with Gasteiger partial charge in [-0.15, -0.1) is 0 Å². The minimum absolute atomic E-state index is 0.156. The van der Waals surface area contributed by atoms with Crippen molar-refractivity contribution in [1.29, 1.82) is 0 Å². The number of anilines is 2. The summed E-state index contributed by atoms with van der Waals surface area (Å²) in [5, 5.41) is 13.6. The highest BCUT2D eigenvalue weighted by atomic mass is 16.6. The van der Waals surface area contributed by atoms with Crippen LogP contribution >= 0.6 is 0 Å². The monoisotopic (exact) mass is 364 g/mol. The molecule has 0 saturated carbocycles. The number of nitrogens with one attached hydrogen (secondary N) is 1. The molecule has 9 nitrogen and oxygen atoms in total. The number of nitro benzene ring substituents is 1. The molecule has 0 aliphatic carbocycles. The van der Waals surface area contributed by atoms with Gasteiger partial charge in [-0.1, -0.05) is 0 Å². The maximum Gasteiger partial charge on any atom is 0.410 e. The number of rotatable bonds is 3. The molecule has 1 aliphatic rings. The van der Waals surface area contributed by atoms with E-state index >= 15 is 0 Å². The van der Waals surface area contributed by atoms with Crippen molar-refractivity contribution >= 4 is 29.1 Å². The molecule has 1 aromatic rings. The van der Waals surface area contributed by atoms with E-state index in [1.54, 1.807) is 17.0 Å². The molecule has 1 aromatic carbocycles. The Morgan fingerprint density at radius 2 is 1.81 bits per heavy atom. The van der Waals surface area contributed by atoms with Gasteiger partial charge in [-0.3, -0.25) is 14.9 Å². The van der Waals surface area contributed by atoms with Crippen LogP contribution in [0.1, 0.15) is 27.7 Å². The summed E-state index contributed by atoms with van der Waals surface area (Å²) in [4.78, 5) is 37.6. The second-order valence-electron chi connectivity index (χ2n) is 7.09. The van der Waals surface area contributed by atoms with E-state index in [-0.39, 0.29) is 23.4 Å². The molecule has 0 bridgehead atoms. The summed E-state index contributed by atoms with van der Waals surface area (Å²) in [5.74, 6) is -0.375. The smallest absolute Gasteiger partial charge is 0.410 e. The average molecular weight is 364 g/mol. The molecular weight excluding hydrogens is 340 g/mol. The minimum atomic E-state index is -0.542. The lowest BCUT2D eigenvalue weighted by molar-refractivity contribution is -0.383. The second-order valence-corrected chi connectivity index (χ2v) is 7.09. The summed E-state index contributed by atoms with van der Waals surface area (Å²) in [6, 6.07) is 4.61. The Morgan fingerprint density at radius 3 is 2.31 bits per heavy atom. The molecule has 0 aromatic heterocycles. The number of hydrogen-bond donors (Lipinski definition) is 1. The van der Waals surface area contributed by atoms with E-state index in [9.17, 15) is 19.7 Å². The van der Waals surface area contributed by atoms with Crippen LogP contribution in [0.15, 0.2) is 18.2 Å². The number of piperazine rings is 1. The summed E-state index contributed by atoms with van der Waals surface area (Å²) >= 11 is 0. The van der Waals surface area contributed by atoms with Crippen LogP contribution in [0.25, 0.3) is 0 Å². The topological polar surface area (TPSA) is 105 Å². The lowest BCUT2D eigenvalue weighted by Crippen LogP contribution is -2.50. The van der Waals surface area contributed by atoms with Gasteiger partial charge in [0.2, 0.25) is 5.91 Å². The van der Waals surface area contributed by atoms with Crippen molar-refractivity contribution in [2.24, 2.45) is 0 Å². The Hall–Kier alpha value is -2.84. The van der Waals surface area contributed by atoms with Gasteiger partial charge in [0.05, 0.1) is 4.92 Å². The number of nitrogens with zero attached hydrogens (tertiary/aromatic N) is 3. The van der Waals surface area contributed by atoms with Crippen LogP contribution in [0.3, 0.4) is 0 Å². The molecule has 0 spiro atoms. The summed E-state index contributed by atoms with van der Waals surface area (Å²) in [6.07, 6.45) is -0.347. The Kier molecular flexibility index (Phi) is 5.69. The predicted octanol–water partition coefficient (Wildman–Crippen LogP) is 2.61. The highest BCUT2D eigenvalue weighted by molar-refractivity contribution is 5.92. The van der Waals surface area contributed by atoms with Gasteiger partial charge in [0.1, 0.15) is 11.3 Å². The van der Waals surface area contributed by atoms with Crippen molar-refractivity contribution in [2.45, 2.75) is 33.3 Å². The Morgan fingerprint density at radius 1 is 1.19 bits per heavy atom. The fraction of sp³-hybridized carbons (Fsp3) is 0.529. The maximum absolute atomic E-state index is 12.1. The second kappa shape index (κ2) is 7.59. The number of amides is 2. The van der Waals surface area contributed by atoms with Crippen molar-refractivity contribution in [1.82, 2.24) is 4.90 Å². The molecule has 0 unspecified atom stereocenters. The number of benzene rings is 1.